The van der Waals surface area contributed by atoms with Gasteiger partial charge in [-0.25, -0.2) is 0 Å². The molecule has 0 radical (unpaired) electrons. The molecule has 0 atom stereocenters. The van der Waals surface area contributed by atoms with E-state index in [2.05, 4.69) is 24.0 Å². The fourth-order valence-electron chi connectivity index (χ4n) is 2.17. The number of nitrogen functional groups attached to an aromatic ring is 1. The molecule has 0 amide bonds. The van der Waals surface area contributed by atoms with Crippen LogP contribution in [-0.2, 0) is 6.54 Å². The Balaban J connectivity index is 1.92. The van der Waals surface area contributed by atoms with E-state index in [0.717, 1.165) is 18.2 Å². The Morgan fingerprint density at radius 2 is 2.19 bits per heavy atom. The van der Waals surface area contributed by atoms with Crippen LogP contribution in [0, 0.1) is 5.92 Å². The van der Waals surface area contributed by atoms with Crippen LogP contribution in [0.15, 0.2) is 24.3 Å². The van der Waals surface area contributed by atoms with E-state index in [4.69, 9.17) is 5.73 Å². The summed E-state index contributed by atoms with van der Waals surface area (Å²) in [5.41, 5.74) is 8.02. The van der Waals surface area contributed by atoms with Gasteiger partial charge in [0.15, 0.2) is 0 Å². The minimum absolute atomic E-state index is 0.875. The molecule has 1 aliphatic rings. The second-order valence-corrected chi connectivity index (χ2v) is 4.92. The molecule has 0 unspecified atom stereocenters. The summed E-state index contributed by atoms with van der Waals surface area (Å²) in [6.45, 7) is 5.77. The predicted molar refractivity (Wildman–Crippen MR) is 69.1 cm³/mol. The smallest absolute Gasteiger partial charge is 0.0317 e. The zero-order chi connectivity index (χ0) is 11.4. The van der Waals surface area contributed by atoms with E-state index in [1.807, 2.05) is 12.1 Å². The first-order chi connectivity index (χ1) is 7.78. The highest BCUT2D eigenvalue weighted by Gasteiger charge is 2.23. The largest absolute Gasteiger partial charge is 0.399 e. The van der Waals surface area contributed by atoms with E-state index in [1.54, 1.807) is 0 Å². The minimum atomic E-state index is 0.875. The number of hydrogen-bond donors (Lipinski definition) is 1. The summed E-state index contributed by atoms with van der Waals surface area (Å²) >= 11 is 0. The van der Waals surface area contributed by atoms with Gasteiger partial charge >= 0.3 is 0 Å². The van der Waals surface area contributed by atoms with E-state index < -0.39 is 0 Å². The van der Waals surface area contributed by atoms with Gasteiger partial charge in [0.2, 0.25) is 0 Å². The predicted octanol–water partition coefficient (Wildman–Crippen LogP) is 2.89. The molecule has 2 N–H and O–H groups in total. The maximum absolute atomic E-state index is 5.80. The Kier molecular flexibility index (Phi) is 3.83. The number of nitrogens with two attached hydrogens (primary N) is 1. The standard InChI is InChI=1S/C14H22N2/c1-2-8-16(10-12-6-7-12)11-13-4-3-5-14(15)9-13/h3-5,9,12H,2,6-8,10-11,15H2,1H3. The lowest BCUT2D eigenvalue weighted by molar-refractivity contribution is 0.255. The molecule has 0 saturated heterocycles. The molecule has 88 valence electrons. The molecule has 0 spiro atoms. The van der Waals surface area contributed by atoms with Crippen molar-refractivity contribution in [1.82, 2.24) is 4.90 Å². The van der Waals surface area contributed by atoms with Crippen LogP contribution in [0.2, 0.25) is 0 Å². The van der Waals surface area contributed by atoms with Crippen molar-refractivity contribution >= 4 is 5.69 Å². The highest BCUT2D eigenvalue weighted by molar-refractivity contribution is 5.40. The molecule has 2 rings (SSSR count). The zero-order valence-electron chi connectivity index (χ0n) is 10.2. The van der Waals surface area contributed by atoms with Gasteiger partial charge < -0.3 is 5.73 Å². The normalized spacial score (nSPS) is 15.6. The first kappa shape index (κ1) is 11.5. The fraction of sp³-hybridized carbons (Fsp3) is 0.571. The summed E-state index contributed by atoms with van der Waals surface area (Å²) in [6.07, 6.45) is 4.09. The minimum Gasteiger partial charge on any atom is -0.399 e. The van der Waals surface area contributed by atoms with E-state index >= 15 is 0 Å². The summed E-state index contributed by atoms with van der Waals surface area (Å²) in [7, 11) is 0. The topological polar surface area (TPSA) is 29.3 Å². The fourth-order valence-corrected chi connectivity index (χ4v) is 2.17. The number of hydrogen-bond acceptors (Lipinski definition) is 2. The van der Waals surface area contributed by atoms with Crippen molar-refractivity contribution in [3.8, 4) is 0 Å². The third-order valence-electron chi connectivity index (χ3n) is 3.11. The highest BCUT2D eigenvalue weighted by Crippen LogP contribution is 2.30. The van der Waals surface area contributed by atoms with Crippen molar-refractivity contribution in [3.05, 3.63) is 29.8 Å². The molecule has 2 heteroatoms. The quantitative estimate of drug-likeness (QED) is 0.744. The molecule has 1 fully saturated rings. The Morgan fingerprint density at radius 3 is 2.81 bits per heavy atom. The lowest BCUT2D eigenvalue weighted by Gasteiger charge is -2.21. The van der Waals surface area contributed by atoms with Crippen LogP contribution in [0.25, 0.3) is 0 Å². The number of anilines is 1. The van der Waals surface area contributed by atoms with E-state index in [9.17, 15) is 0 Å². The summed E-state index contributed by atoms with van der Waals surface area (Å²) < 4.78 is 0. The Hall–Kier alpha value is -1.02. The van der Waals surface area contributed by atoms with Gasteiger partial charge in [-0.3, -0.25) is 4.90 Å². The lowest BCUT2D eigenvalue weighted by Crippen LogP contribution is -2.26. The third kappa shape index (κ3) is 3.53. The van der Waals surface area contributed by atoms with Crippen molar-refractivity contribution in [3.63, 3.8) is 0 Å². The van der Waals surface area contributed by atoms with Crippen molar-refractivity contribution in [1.29, 1.82) is 0 Å². The van der Waals surface area contributed by atoms with Gasteiger partial charge in [0.1, 0.15) is 0 Å². The first-order valence-electron chi connectivity index (χ1n) is 6.34. The number of benzene rings is 1. The van der Waals surface area contributed by atoms with Gasteiger partial charge in [0.05, 0.1) is 0 Å². The second-order valence-electron chi connectivity index (χ2n) is 4.92. The van der Waals surface area contributed by atoms with Gasteiger partial charge in [-0.2, -0.15) is 0 Å². The van der Waals surface area contributed by atoms with Gasteiger partial charge in [0.25, 0.3) is 0 Å². The van der Waals surface area contributed by atoms with Crippen LogP contribution in [0.4, 0.5) is 5.69 Å². The van der Waals surface area contributed by atoms with Crippen molar-refractivity contribution in [2.75, 3.05) is 18.8 Å². The van der Waals surface area contributed by atoms with Crippen LogP contribution < -0.4 is 5.73 Å². The van der Waals surface area contributed by atoms with Crippen LogP contribution in [-0.4, -0.2) is 18.0 Å². The zero-order valence-corrected chi connectivity index (χ0v) is 10.2. The van der Waals surface area contributed by atoms with Crippen LogP contribution in [0.3, 0.4) is 0 Å². The molecule has 1 aliphatic carbocycles. The monoisotopic (exact) mass is 218 g/mol. The van der Waals surface area contributed by atoms with Crippen molar-refractivity contribution in [2.45, 2.75) is 32.7 Å². The molecule has 0 aromatic heterocycles. The maximum atomic E-state index is 5.80. The molecule has 16 heavy (non-hydrogen) atoms. The summed E-state index contributed by atoms with van der Waals surface area (Å²) in [4.78, 5) is 2.56. The van der Waals surface area contributed by atoms with Gasteiger partial charge in [-0.15, -0.1) is 0 Å². The van der Waals surface area contributed by atoms with Gasteiger partial charge in [-0.1, -0.05) is 19.1 Å². The highest BCUT2D eigenvalue weighted by atomic mass is 15.1. The molecule has 1 saturated carbocycles. The van der Waals surface area contributed by atoms with Crippen LogP contribution in [0.1, 0.15) is 31.7 Å². The molecule has 0 bridgehead atoms. The SMILES string of the molecule is CCCN(Cc1cccc(N)c1)CC1CC1. The molecular weight excluding hydrogens is 196 g/mol. The summed E-state index contributed by atoms with van der Waals surface area (Å²) in [5.74, 6) is 0.965. The lowest BCUT2D eigenvalue weighted by atomic mass is 10.2. The molecule has 2 nitrogen and oxygen atoms in total. The molecule has 0 heterocycles. The van der Waals surface area contributed by atoms with Crippen LogP contribution in [0.5, 0.6) is 0 Å². The van der Waals surface area contributed by atoms with E-state index in [-0.39, 0.29) is 0 Å². The van der Waals surface area contributed by atoms with E-state index in [1.165, 1.54) is 37.9 Å². The van der Waals surface area contributed by atoms with Crippen LogP contribution >= 0.6 is 0 Å². The Bertz CT molecular complexity index is 331. The first-order valence-corrected chi connectivity index (χ1v) is 6.34. The molecule has 1 aromatic carbocycles. The maximum Gasteiger partial charge on any atom is 0.0317 e. The average Bonchev–Trinajstić information content (AvgIpc) is 3.02. The van der Waals surface area contributed by atoms with Gasteiger partial charge in [0, 0.05) is 18.8 Å². The second kappa shape index (κ2) is 5.35. The number of rotatable bonds is 6. The summed E-state index contributed by atoms with van der Waals surface area (Å²) in [5, 5.41) is 0. The Labute approximate surface area is 98.4 Å². The van der Waals surface area contributed by atoms with Crippen molar-refractivity contribution in [2.24, 2.45) is 5.92 Å². The van der Waals surface area contributed by atoms with Gasteiger partial charge in [-0.05, 0) is 49.4 Å². The number of nitrogens with zero attached hydrogens (tertiary/aromatic N) is 1. The Morgan fingerprint density at radius 1 is 1.38 bits per heavy atom. The van der Waals surface area contributed by atoms with Crippen molar-refractivity contribution < 1.29 is 0 Å². The molecule has 0 aliphatic heterocycles. The third-order valence-corrected chi connectivity index (χ3v) is 3.11. The van der Waals surface area contributed by atoms with E-state index in [0.29, 0.717) is 0 Å². The summed E-state index contributed by atoms with van der Waals surface area (Å²) in [6, 6.07) is 8.27. The molecular formula is C14H22N2. The average molecular weight is 218 g/mol. The molecule has 1 aromatic rings.